The molecule has 1 saturated heterocycles. The van der Waals surface area contributed by atoms with Gasteiger partial charge in [-0.25, -0.2) is 0 Å². The summed E-state index contributed by atoms with van der Waals surface area (Å²) in [5.41, 5.74) is 1.27. The van der Waals surface area contributed by atoms with Gasteiger partial charge in [-0.2, -0.15) is 14.8 Å². The maximum absolute atomic E-state index is 14.7. The number of piperidine rings is 1. The molecule has 46 heavy (non-hydrogen) atoms. The van der Waals surface area contributed by atoms with Gasteiger partial charge in [-0.1, -0.05) is 31.0 Å². The van der Waals surface area contributed by atoms with Crippen LogP contribution in [0.2, 0.25) is 0 Å². The molecule has 0 bridgehead atoms. The summed E-state index contributed by atoms with van der Waals surface area (Å²) < 4.78 is 12.9. The molecule has 0 radical (unpaired) electrons. The fourth-order valence-corrected chi connectivity index (χ4v) is 7.07. The molecule has 2 atom stereocenters. The average molecular weight is 633 g/mol. The minimum Gasteiger partial charge on any atom is -0.493 e. The summed E-state index contributed by atoms with van der Waals surface area (Å²) in [6.07, 6.45) is 9.93. The first-order chi connectivity index (χ1) is 22.3. The molecule has 1 aliphatic heterocycles. The zero-order chi connectivity index (χ0) is 32.5. The molecule has 11 heteroatoms. The van der Waals surface area contributed by atoms with E-state index in [0.717, 1.165) is 37.9 Å². The normalized spacial score (nSPS) is 18.4. The number of nitrogens with one attached hydrogen (secondary N) is 1. The lowest BCUT2D eigenvalue weighted by atomic mass is 9.83. The number of ether oxygens (including phenoxy) is 2. The van der Waals surface area contributed by atoms with E-state index in [0.29, 0.717) is 50.2 Å². The highest BCUT2D eigenvalue weighted by Gasteiger charge is 2.41. The molecule has 3 amide bonds. The molecule has 3 aromatic rings. The van der Waals surface area contributed by atoms with Crippen molar-refractivity contribution < 1.29 is 23.9 Å². The van der Waals surface area contributed by atoms with E-state index in [2.05, 4.69) is 15.5 Å². The summed E-state index contributed by atoms with van der Waals surface area (Å²) >= 11 is 0. The van der Waals surface area contributed by atoms with Gasteiger partial charge in [0.25, 0.3) is 0 Å². The number of carbonyl (C=O) groups is 3. The maximum Gasteiger partial charge on any atom is 0.247 e. The van der Waals surface area contributed by atoms with Crippen LogP contribution in [0.3, 0.4) is 0 Å². The summed E-state index contributed by atoms with van der Waals surface area (Å²) in [6.45, 7) is 6.03. The van der Waals surface area contributed by atoms with Crippen molar-refractivity contribution in [2.75, 3.05) is 40.0 Å². The van der Waals surface area contributed by atoms with Crippen molar-refractivity contribution in [3.8, 4) is 5.75 Å². The van der Waals surface area contributed by atoms with Crippen molar-refractivity contribution in [1.29, 1.82) is 0 Å². The van der Waals surface area contributed by atoms with Gasteiger partial charge < -0.3 is 24.6 Å². The number of aromatic nitrogens is 3. The van der Waals surface area contributed by atoms with E-state index in [4.69, 9.17) is 9.47 Å². The van der Waals surface area contributed by atoms with Crippen LogP contribution in [0.15, 0.2) is 54.9 Å². The van der Waals surface area contributed by atoms with Crippen LogP contribution in [-0.4, -0.2) is 88.3 Å². The molecule has 1 aliphatic carbocycles. The molecule has 2 unspecified atom stereocenters. The van der Waals surface area contributed by atoms with Gasteiger partial charge in [0, 0.05) is 44.5 Å². The number of carbonyl (C=O) groups excluding carboxylic acids is 3. The highest BCUT2D eigenvalue weighted by Crippen LogP contribution is 2.42. The van der Waals surface area contributed by atoms with Crippen LogP contribution in [0.1, 0.15) is 76.8 Å². The van der Waals surface area contributed by atoms with E-state index >= 15 is 0 Å². The molecule has 248 valence electrons. The fraction of sp³-hybridized carbons (Fsp3) is 0.571. The summed E-state index contributed by atoms with van der Waals surface area (Å²) in [4.78, 5) is 45.6. The molecule has 2 aromatic heterocycles. The molecule has 3 heterocycles. The average Bonchev–Trinajstić information content (AvgIpc) is 3.70. The molecule has 2 aliphatic rings. The van der Waals surface area contributed by atoms with E-state index in [-0.39, 0.29) is 42.2 Å². The maximum atomic E-state index is 14.7. The van der Waals surface area contributed by atoms with Crippen LogP contribution in [0.4, 0.5) is 0 Å². The van der Waals surface area contributed by atoms with E-state index in [1.807, 2.05) is 56.3 Å². The SMILES string of the molecule is COCC1(CCN(C(=O)C2CCCN(C(=O)CCOc3ccccc3)C2)C(C(=O)NC(C)C)c2cnn3ncccc23)CCCC1. The van der Waals surface area contributed by atoms with Gasteiger partial charge in [-0.3, -0.25) is 14.4 Å². The summed E-state index contributed by atoms with van der Waals surface area (Å²) in [7, 11) is 1.73. The van der Waals surface area contributed by atoms with Gasteiger partial charge in [0.1, 0.15) is 11.8 Å². The Bertz CT molecular complexity index is 1450. The van der Waals surface area contributed by atoms with Gasteiger partial charge in [-0.05, 0) is 75.6 Å². The number of para-hydroxylation sites is 1. The summed E-state index contributed by atoms with van der Waals surface area (Å²) in [6, 6.07) is 12.1. The van der Waals surface area contributed by atoms with Crippen molar-refractivity contribution in [1.82, 2.24) is 29.9 Å². The molecule has 1 N–H and O–H groups in total. The third-order valence-corrected chi connectivity index (χ3v) is 9.35. The predicted molar refractivity (Wildman–Crippen MR) is 174 cm³/mol. The van der Waals surface area contributed by atoms with Crippen molar-refractivity contribution in [2.45, 2.75) is 77.3 Å². The monoisotopic (exact) mass is 632 g/mol. The Morgan fingerprint density at radius 2 is 1.85 bits per heavy atom. The Balaban J connectivity index is 1.40. The van der Waals surface area contributed by atoms with Crippen molar-refractivity contribution in [3.05, 3.63) is 60.4 Å². The fourth-order valence-electron chi connectivity index (χ4n) is 7.07. The zero-order valence-electron chi connectivity index (χ0n) is 27.4. The number of hydrogen-bond acceptors (Lipinski definition) is 7. The van der Waals surface area contributed by atoms with Crippen LogP contribution in [-0.2, 0) is 19.1 Å². The van der Waals surface area contributed by atoms with Crippen molar-refractivity contribution >= 4 is 23.2 Å². The lowest BCUT2D eigenvalue weighted by molar-refractivity contribution is -0.148. The first kappa shape index (κ1) is 33.4. The quantitative estimate of drug-likeness (QED) is 0.279. The summed E-state index contributed by atoms with van der Waals surface area (Å²) in [5.74, 6) is -0.108. The number of amides is 3. The van der Waals surface area contributed by atoms with Crippen molar-refractivity contribution in [3.63, 3.8) is 0 Å². The Morgan fingerprint density at radius 3 is 2.59 bits per heavy atom. The zero-order valence-corrected chi connectivity index (χ0v) is 27.4. The number of nitrogens with zero attached hydrogens (tertiary/aromatic N) is 5. The van der Waals surface area contributed by atoms with Gasteiger partial charge in [0.2, 0.25) is 17.7 Å². The summed E-state index contributed by atoms with van der Waals surface area (Å²) in [5, 5.41) is 11.8. The second kappa shape index (κ2) is 15.5. The van der Waals surface area contributed by atoms with Crippen molar-refractivity contribution in [2.24, 2.45) is 11.3 Å². The van der Waals surface area contributed by atoms with Crippen LogP contribution in [0.25, 0.3) is 5.52 Å². The number of rotatable bonds is 14. The first-order valence-electron chi connectivity index (χ1n) is 16.6. The number of methoxy groups -OCH3 is 1. The number of benzene rings is 1. The minimum atomic E-state index is -0.900. The second-order valence-electron chi connectivity index (χ2n) is 13.1. The van der Waals surface area contributed by atoms with Crippen LogP contribution >= 0.6 is 0 Å². The Kier molecular flexibility index (Phi) is 11.3. The molecule has 1 saturated carbocycles. The van der Waals surface area contributed by atoms with E-state index in [1.165, 1.54) is 4.63 Å². The lowest BCUT2D eigenvalue weighted by Gasteiger charge is -2.39. The smallest absolute Gasteiger partial charge is 0.247 e. The Morgan fingerprint density at radius 1 is 1.07 bits per heavy atom. The molecule has 1 aromatic carbocycles. The highest BCUT2D eigenvalue weighted by molar-refractivity contribution is 5.91. The third kappa shape index (κ3) is 8.04. The van der Waals surface area contributed by atoms with Crippen LogP contribution in [0.5, 0.6) is 5.75 Å². The molecule has 2 fully saturated rings. The number of fused-ring (bicyclic) bond motifs is 1. The van der Waals surface area contributed by atoms with E-state index in [9.17, 15) is 14.4 Å². The third-order valence-electron chi connectivity index (χ3n) is 9.35. The molecule has 0 spiro atoms. The number of likely N-dealkylation sites (tertiary alicyclic amines) is 1. The molecule has 11 nitrogen and oxygen atoms in total. The van der Waals surface area contributed by atoms with Gasteiger partial charge >= 0.3 is 0 Å². The van der Waals surface area contributed by atoms with Gasteiger partial charge in [-0.15, -0.1) is 0 Å². The Hall–Kier alpha value is -3.99. The number of hydrogen-bond donors (Lipinski definition) is 1. The van der Waals surface area contributed by atoms with Crippen LogP contribution < -0.4 is 10.1 Å². The highest BCUT2D eigenvalue weighted by atomic mass is 16.5. The predicted octanol–water partition coefficient (Wildman–Crippen LogP) is 4.43. The Labute approximate surface area is 271 Å². The molecular weight excluding hydrogens is 584 g/mol. The topological polar surface area (TPSA) is 118 Å². The molecular formula is C35H48N6O5. The van der Waals surface area contributed by atoms with Crippen LogP contribution in [0, 0.1) is 11.3 Å². The second-order valence-corrected chi connectivity index (χ2v) is 13.1. The first-order valence-corrected chi connectivity index (χ1v) is 16.6. The van der Waals surface area contributed by atoms with Gasteiger partial charge in [0.05, 0.1) is 37.3 Å². The standard InChI is InChI=1S/C35H48N6O5/c1-26(2)38-33(43)32(29-23-37-41-30(29)14-9-19-36-41)40(21-18-35(25-45-3)16-7-8-17-35)34(44)27-11-10-20-39(24-27)31(42)15-22-46-28-12-5-4-6-13-28/h4-6,9,12-14,19,23,26-27,32H,7-8,10-11,15-18,20-22,24-25H2,1-3H3,(H,38,43). The largest absolute Gasteiger partial charge is 0.493 e. The van der Waals surface area contributed by atoms with E-state index < -0.39 is 12.0 Å². The molecule has 5 rings (SSSR count). The van der Waals surface area contributed by atoms with Gasteiger partial charge in [0.15, 0.2) is 0 Å². The van der Waals surface area contributed by atoms with E-state index in [1.54, 1.807) is 29.3 Å². The minimum absolute atomic E-state index is 0.0345. The lowest BCUT2D eigenvalue weighted by Crippen LogP contribution is -2.51.